The molecule has 0 radical (unpaired) electrons. The van der Waals surface area contributed by atoms with Gasteiger partial charge in [0.2, 0.25) is 0 Å². The van der Waals surface area contributed by atoms with E-state index in [2.05, 4.69) is 210 Å². The first-order valence-corrected chi connectivity index (χ1v) is 20.9. The molecule has 0 unspecified atom stereocenters. The van der Waals surface area contributed by atoms with Crippen molar-refractivity contribution >= 4 is 60.8 Å². The minimum Gasteiger partial charge on any atom is -0.456 e. The van der Waals surface area contributed by atoms with Gasteiger partial charge in [0, 0.05) is 55.8 Å². The molecule has 2 aliphatic rings. The minimum atomic E-state index is -0.115. The lowest BCUT2D eigenvalue weighted by Crippen LogP contribution is -2.26. The van der Waals surface area contributed by atoms with E-state index in [0.29, 0.717) is 0 Å². The average Bonchev–Trinajstić information content (AvgIpc) is 4.05. The van der Waals surface area contributed by atoms with Gasteiger partial charge in [-0.25, -0.2) is 0 Å². The Bertz CT molecular complexity index is 3490. The number of hydrogen-bond donors (Lipinski definition) is 0. The largest absolute Gasteiger partial charge is 0.456 e. The van der Waals surface area contributed by atoms with E-state index in [1.54, 1.807) is 0 Å². The highest BCUT2D eigenvalue weighted by molar-refractivity contribution is 6.11. The zero-order valence-corrected chi connectivity index (χ0v) is 32.8. The van der Waals surface area contributed by atoms with Crippen LogP contribution in [0.2, 0.25) is 0 Å². The molecule has 0 saturated carbocycles. The van der Waals surface area contributed by atoms with Crippen LogP contribution in [0, 0.1) is 0 Å². The summed E-state index contributed by atoms with van der Waals surface area (Å²) in [6.45, 7) is 0. The van der Waals surface area contributed by atoms with E-state index in [-0.39, 0.29) is 5.41 Å². The van der Waals surface area contributed by atoms with Crippen LogP contribution in [0.25, 0.3) is 71.7 Å². The van der Waals surface area contributed by atoms with Crippen molar-refractivity contribution in [1.29, 1.82) is 0 Å². The van der Waals surface area contributed by atoms with E-state index < -0.39 is 0 Å². The smallest absolute Gasteiger partial charge is 0.137 e. The molecule has 9 aromatic carbocycles. The molecular weight excluding hydrogens is 729 g/mol. The summed E-state index contributed by atoms with van der Waals surface area (Å²) in [4.78, 5) is 2.43. The molecular formula is C57H38N2O. The van der Waals surface area contributed by atoms with Gasteiger partial charge in [0.05, 0.1) is 11.0 Å². The number of para-hydroxylation sites is 3. The van der Waals surface area contributed by atoms with E-state index in [1.165, 1.54) is 60.8 Å². The molecule has 1 spiro atoms. The van der Waals surface area contributed by atoms with Crippen LogP contribution >= 0.6 is 0 Å². The number of aromatic nitrogens is 1. The second-order valence-corrected chi connectivity index (χ2v) is 16.6. The summed E-state index contributed by atoms with van der Waals surface area (Å²) in [6.07, 6.45) is 2.00. The van der Waals surface area contributed by atoms with E-state index >= 15 is 0 Å². The van der Waals surface area contributed by atoms with Crippen molar-refractivity contribution in [2.75, 3.05) is 4.90 Å². The Labute approximate surface area is 348 Å². The maximum absolute atomic E-state index is 6.52. The maximum Gasteiger partial charge on any atom is 0.137 e. The van der Waals surface area contributed by atoms with Crippen molar-refractivity contribution in [2.45, 2.75) is 18.3 Å². The Morgan fingerprint density at radius 2 is 1.05 bits per heavy atom. The van der Waals surface area contributed by atoms with Crippen LogP contribution in [0.1, 0.15) is 22.3 Å². The lowest BCUT2D eigenvalue weighted by atomic mass is 9.75. The SMILES string of the molecule is c1ccc(-n2c3ccccc3c3cc(-c4cccc(N(c5ccc6c(c5)C5(Cc7ccccc7C5)c5ccccc5-6)c5ccc6c(c5)oc5ccccc56)c4)ccc32)cc1. The molecule has 0 atom stereocenters. The molecule has 0 N–H and O–H groups in total. The van der Waals surface area contributed by atoms with Gasteiger partial charge in [0.1, 0.15) is 11.2 Å². The standard InChI is InChI=1S/C57H38N2O/c1-2-16-41(17-3-1)59-53-23-10-7-20-47(53)50-32-38(25-30-54(50)59)37-15-12-18-42(31-37)58(44-27-29-49-48-21-8-11-24-55(48)60-56(49)34-44)43-26-28-46-45-19-6-9-22-51(45)57(52(46)33-43)35-39-13-4-5-14-40(39)36-57/h1-34H,35-36H2. The molecule has 0 aliphatic heterocycles. The van der Waals surface area contributed by atoms with Gasteiger partial charge in [-0.2, -0.15) is 0 Å². The summed E-state index contributed by atoms with van der Waals surface area (Å²) >= 11 is 0. The van der Waals surface area contributed by atoms with Gasteiger partial charge in [0.15, 0.2) is 0 Å². The maximum atomic E-state index is 6.52. The van der Waals surface area contributed by atoms with Crippen LogP contribution in [0.4, 0.5) is 17.1 Å². The number of hydrogen-bond acceptors (Lipinski definition) is 2. The Morgan fingerprint density at radius 3 is 1.93 bits per heavy atom. The van der Waals surface area contributed by atoms with Gasteiger partial charge in [-0.1, -0.05) is 127 Å². The summed E-state index contributed by atoms with van der Waals surface area (Å²) in [7, 11) is 0. The molecule has 0 fully saturated rings. The van der Waals surface area contributed by atoms with Gasteiger partial charge >= 0.3 is 0 Å². The lowest BCUT2D eigenvalue weighted by molar-refractivity contribution is 0.563. The monoisotopic (exact) mass is 766 g/mol. The van der Waals surface area contributed by atoms with Crippen LogP contribution in [0.3, 0.4) is 0 Å². The Hall–Kier alpha value is -7.62. The number of benzene rings is 9. The van der Waals surface area contributed by atoms with Crippen molar-refractivity contribution in [1.82, 2.24) is 4.57 Å². The summed E-state index contributed by atoms with van der Waals surface area (Å²) in [5, 5.41) is 4.75. The third-order valence-corrected chi connectivity index (χ3v) is 13.4. The van der Waals surface area contributed by atoms with Crippen molar-refractivity contribution < 1.29 is 4.42 Å². The van der Waals surface area contributed by atoms with Gasteiger partial charge < -0.3 is 13.9 Å². The fourth-order valence-electron chi connectivity index (χ4n) is 10.7. The van der Waals surface area contributed by atoms with Gasteiger partial charge in [0.25, 0.3) is 0 Å². The first kappa shape index (κ1) is 33.4. The van der Waals surface area contributed by atoms with Crippen molar-refractivity contribution in [3.63, 3.8) is 0 Å². The molecule has 2 heterocycles. The van der Waals surface area contributed by atoms with Crippen molar-refractivity contribution in [3.8, 4) is 27.9 Å². The number of nitrogens with zero attached hydrogens (tertiary/aromatic N) is 2. The van der Waals surface area contributed by atoms with Gasteiger partial charge in [-0.05, 0) is 130 Å². The zero-order valence-electron chi connectivity index (χ0n) is 32.8. The van der Waals surface area contributed by atoms with Crippen LogP contribution in [-0.2, 0) is 18.3 Å². The highest BCUT2D eigenvalue weighted by Gasteiger charge is 2.47. The molecule has 0 bridgehead atoms. The molecule has 2 aliphatic carbocycles. The molecule has 2 aromatic heterocycles. The van der Waals surface area contributed by atoms with Crippen LogP contribution in [-0.4, -0.2) is 4.57 Å². The Kier molecular flexibility index (Phi) is 7.06. The second-order valence-electron chi connectivity index (χ2n) is 16.6. The number of anilines is 3. The first-order chi connectivity index (χ1) is 29.7. The van der Waals surface area contributed by atoms with E-state index in [0.717, 1.165) is 63.1 Å². The molecule has 282 valence electrons. The average molecular weight is 767 g/mol. The molecule has 11 aromatic rings. The normalized spacial score (nSPS) is 13.7. The topological polar surface area (TPSA) is 21.3 Å². The van der Waals surface area contributed by atoms with E-state index in [1.807, 2.05) is 6.07 Å². The fourth-order valence-corrected chi connectivity index (χ4v) is 10.7. The summed E-state index contributed by atoms with van der Waals surface area (Å²) in [5.74, 6) is 0. The third kappa shape index (κ3) is 4.84. The Balaban J connectivity index is 0.994. The highest BCUT2D eigenvalue weighted by atomic mass is 16.3. The zero-order chi connectivity index (χ0) is 39.4. The number of furan rings is 1. The molecule has 60 heavy (non-hydrogen) atoms. The predicted octanol–water partition coefficient (Wildman–Crippen LogP) is 14.9. The van der Waals surface area contributed by atoms with Gasteiger partial charge in [-0.3, -0.25) is 0 Å². The van der Waals surface area contributed by atoms with Crippen LogP contribution < -0.4 is 4.90 Å². The quantitative estimate of drug-likeness (QED) is 0.174. The Morgan fingerprint density at radius 1 is 0.400 bits per heavy atom. The molecule has 0 saturated heterocycles. The summed E-state index contributed by atoms with van der Waals surface area (Å²) in [5.41, 5.74) is 19.3. The third-order valence-electron chi connectivity index (χ3n) is 13.4. The highest BCUT2D eigenvalue weighted by Crippen LogP contribution is 2.56. The minimum absolute atomic E-state index is 0.115. The summed E-state index contributed by atoms with van der Waals surface area (Å²) < 4.78 is 8.90. The predicted molar refractivity (Wildman–Crippen MR) is 248 cm³/mol. The number of rotatable bonds is 5. The number of fused-ring (bicyclic) bond motifs is 12. The fraction of sp³-hybridized carbons (Fsp3) is 0.0526. The van der Waals surface area contributed by atoms with Gasteiger partial charge in [-0.15, -0.1) is 0 Å². The van der Waals surface area contributed by atoms with Crippen molar-refractivity contribution in [3.05, 3.63) is 229 Å². The van der Waals surface area contributed by atoms with Crippen molar-refractivity contribution in [2.24, 2.45) is 0 Å². The van der Waals surface area contributed by atoms with E-state index in [4.69, 9.17) is 4.42 Å². The summed E-state index contributed by atoms with van der Waals surface area (Å²) in [6, 6.07) is 75.7. The van der Waals surface area contributed by atoms with Crippen LogP contribution in [0.15, 0.2) is 211 Å². The molecule has 3 heteroatoms. The second kappa shape index (κ2) is 12.7. The molecule has 0 amide bonds. The lowest BCUT2D eigenvalue weighted by Gasteiger charge is -2.30. The first-order valence-electron chi connectivity index (χ1n) is 20.9. The van der Waals surface area contributed by atoms with E-state index in [9.17, 15) is 0 Å². The molecule has 3 nitrogen and oxygen atoms in total. The molecule has 13 rings (SSSR count). The van der Waals surface area contributed by atoms with Crippen LogP contribution in [0.5, 0.6) is 0 Å².